The van der Waals surface area contributed by atoms with Crippen LogP contribution in [0.25, 0.3) is 0 Å². The fraction of sp³-hybridized carbons (Fsp3) is 0. The van der Waals surface area contributed by atoms with Crippen LogP contribution in [-0.4, -0.2) is 9.79 Å². The van der Waals surface area contributed by atoms with Gasteiger partial charge in [0.05, 0.1) is 0 Å². The number of rotatable bonds is 1. The normalized spacial score (nSPS) is 10.1. The Morgan fingerprint density at radius 1 is 1.57 bits per heavy atom. The van der Waals surface area contributed by atoms with Crippen LogP contribution in [0.3, 0.4) is 0 Å². The third kappa shape index (κ3) is 10.8. The summed E-state index contributed by atoms with van der Waals surface area (Å²) in [5.41, 5.74) is 0. The van der Waals surface area contributed by atoms with Crippen molar-refractivity contribution >= 4 is 7.75 Å². The van der Waals surface area contributed by atoms with Gasteiger partial charge in [-0.1, -0.05) is 0 Å². The molecule has 0 aliphatic rings. The summed E-state index contributed by atoms with van der Waals surface area (Å²) in [4.78, 5) is 15.4. The van der Waals surface area contributed by atoms with Crippen molar-refractivity contribution in [3.63, 3.8) is 0 Å². The number of nitrogens with one attached hydrogen (secondary N) is 1. The molecule has 0 aromatic heterocycles. The maximum absolute atomic E-state index is 9.46. The Bertz CT molecular complexity index is 77.0. The molecular weight excluding hydrogens is 172 g/mol. The molecule has 5 nitrogen and oxygen atoms in total. The Labute approximate surface area is 53.2 Å². The number of hydrogen-bond acceptors (Lipinski definition) is 2. The smallest absolute Gasteiger partial charge is 0.312 e. The van der Waals surface area contributed by atoms with Crippen LogP contribution in [-0.2, 0) is 24.0 Å². The van der Waals surface area contributed by atoms with Crippen LogP contribution in [0.5, 0.6) is 0 Å². The van der Waals surface area contributed by atoms with Gasteiger partial charge in [0, 0.05) is 19.5 Å². The minimum Gasteiger partial charge on any atom is -0.312 e. The van der Waals surface area contributed by atoms with Gasteiger partial charge in [0.15, 0.2) is 0 Å². The summed E-state index contributed by atoms with van der Waals surface area (Å²) < 4.78 is 9.46. The van der Waals surface area contributed by atoms with Crippen molar-refractivity contribution in [1.82, 2.24) is 5.20 Å². The molecule has 7 heteroatoms. The zero-order chi connectivity index (χ0) is 5.21. The van der Waals surface area contributed by atoms with Crippen LogP contribution < -0.4 is 11.0 Å². The molecule has 0 atom stereocenters. The predicted molar refractivity (Wildman–Crippen MR) is 19.4 cm³/mol. The second kappa shape index (κ2) is 3.67. The third-order valence-electron chi connectivity index (χ3n) is 0.168. The maximum atomic E-state index is 9.46. The van der Waals surface area contributed by atoms with E-state index in [0.29, 0.717) is 0 Å². The van der Waals surface area contributed by atoms with E-state index in [-0.39, 0.29) is 19.5 Å². The van der Waals surface area contributed by atoms with E-state index in [1.165, 1.54) is 5.20 Å². The van der Waals surface area contributed by atoms with Gasteiger partial charge in [0.1, 0.15) is 0 Å². The predicted octanol–water partition coefficient (Wildman–Crippen LogP) is -1.46. The molecule has 0 aliphatic heterocycles. The standard InChI is InChI=1S/H5N2O3P.Zn/c1-2-6(3,4)5;/h1H2,(H3,2,3,4,5);. The van der Waals surface area contributed by atoms with Crippen LogP contribution >= 0.6 is 7.75 Å². The molecule has 0 unspecified atom stereocenters. The SMILES string of the molecule is NNP(=O)(O)O.[Zn]. The fourth-order valence-corrected chi connectivity index (χ4v) is 0. The summed E-state index contributed by atoms with van der Waals surface area (Å²) in [5.74, 6) is 4.29. The van der Waals surface area contributed by atoms with Crippen molar-refractivity contribution in [3.8, 4) is 0 Å². The molecule has 0 spiro atoms. The average Bonchev–Trinajstić information content (AvgIpc) is 1.35. The first-order valence-corrected chi connectivity index (χ1v) is 2.71. The maximum Gasteiger partial charge on any atom is 0.413 e. The molecule has 0 saturated heterocycles. The van der Waals surface area contributed by atoms with Crippen molar-refractivity contribution in [2.24, 2.45) is 5.84 Å². The molecule has 0 radical (unpaired) electrons. The minimum atomic E-state index is -4.12. The molecule has 0 bridgehead atoms. The van der Waals surface area contributed by atoms with Gasteiger partial charge < -0.3 is 9.79 Å². The molecule has 0 aliphatic carbocycles. The summed E-state index contributed by atoms with van der Waals surface area (Å²) in [6.45, 7) is 0. The van der Waals surface area contributed by atoms with Gasteiger partial charge in [-0.05, 0) is 0 Å². The molecule has 40 valence electrons. The third-order valence-corrected chi connectivity index (χ3v) is 0.505. The van der Waals surface area contributed by atoms with Crippen molar-refractivity contribution < 1.29 is 33.8 Å². The van der Waals surface area contributed by atoms with E-state index in [4.69, 9.17) is 9.79 Å². The van der Waals surface area contributed by atoms with E-state index in [2.05, 4.69) is 5.84 Å². The summed E-state index contributed by atoms with van der Waals surface area (Å²) in [6, 6.07) is 0. The Balaban J connectivity index is 0. The first-order chi connectivity index (χ1) is 2.56. The first-order valence-electron chi connectivity index (χ1n) is 1.09. The Morgan fingerprint density at radius 2 is 1.71 bits per heavy atom. The van der Waals surface area contributed by atoms with Crippen molar-refractivity contribution in [2.75, 3.05) is 0 Å². The molecule has 0 saturated carbocycles. The van der Waals surface area contributed by atoms with E-state index in [0.717, 1.165) is 0 Å². The zero-order valence-corrected chi connectivity index (χ0v) is 7.40. The Hall–Kier alpha value is 0.693. The van der Waals surface area contributed by atoms with E-state index in [9.17, 15) is 4.57 Å². The fourth-order valence-electron chi connectivity index (χ4n) is 0. The minimum absolute atomic E-state index is 0. The van der Waals surface area contributed by atoms with Crippen LogP contribution in [0, 0.1) is 0 Å². The topological polar surface area (TPSA) is 95.6 Å². The monoisotopic (exact) mass is 176 g/mol. The van der Waals surface area contributed by atoms with Gasteiger partial charge in [0.25, 0.3) is 0 Å². The second-order valence-electron chi connectivity index (χ2n) is 0.673. The zero-order valence-electron chi connectivity index (χ0n) is 3.53. The largest absolute Gasteiger partial charge is 0.413 e. The van der Waals surface area contributed by atoms with Gasteiger partial charge in [-0.3, -0.25) is 5.84 Å². The quantitative estimate of drug-likeness (QED) is 0.170. The molecule has 0 fully saturated rings. The van der Waals surface area contributed by atoms with E-state index >= 15 is 0 Å². The van der Waals surface area contributed by atoms with E-state index < -0.39 is 7.75 Å². The van der Waals surface area contributed by atoms with Crippen molar-refractivity contribution in [2.45, 2.75) is 0 Å². The average molecular weight is 177 g/mol. The van der Waals surface area contributed by atoms with E-state index in [1.807, 2.05) is 0 Å². The van der Waals surface area contributed by atoms with Gasteiger partial charge in [-0.15, -0.1) is 0 Å². The molecule has 0 amide bonds. The van der Waals surface area contributed by atoms with Gasteiger partial charge in [-0.25, -0.2) is 4.57 Å². The first kappa shape index (κ1) is 10.6. The van der Waals surface area contributed by atoms with Gasteiger partial charge in [-0.2, -0.15) is 5.20 Å². The van der Waals surface area contributed by atoms with Crippen LogP contribution in [0.1, 0.15) is 0 Å². The van der Waals surface area contributed by atoms with E-state index in [1.54, 1.807) is 0 Å². The molecule has 0 aromatic carbocycles. The molecule has 5 N–H and O–H groups in total. The summed E-state index contributed by atoms with van der Waals surface area (Å²) in [7, 11) is -4.12. The second-order valence-corrected chi connectivity index (χ2v) is 2.02. The molecular formula is H5N2O3PZn. The summed E-state index contributed by atoms with van der Waals surface area (Å²) in [5, 5.41) is 1.27. The number of nitrogens with two attached hydrogens (primary N) is 1. The molecule has 7 heavy (non-hydrogen) atoms. The van der Waals surface area contributed by atoms with Crippen LogP contribution in [0.15, 0.2) is 0 Å². The van der Waals surface area contributed by atoms with Crippen LogP contribution in [0.2, 0.25) is 0 Å². The Morgan fingerprint density at radius 3 is 1.71 bits per heavy atom. The molecule has 0 aromatic rings. The summed E-state index contributed by atoms with van der Waals surface area (Å²) in [6.07, 6.45) is 0. The molecule has 0 rings (SSSR count). The van der Waals surface area contributed by atoms with Crippen LogP contribution in [0.4, 0.5) is 0 Å². The summed E-state index contributed by atoms with van der Waals surface area (Å²) >= 11 is 0. The Kier molecular flexibility index (Phi) is 5.57. The number of hydrazine groups is 1. The molecule has 0 heterocycles. The van der Waals surface area contributed by atoms with Gasteiger partial charge in [0.2, 0.25) is 0 Å². The van der Waals surface area contributed by atoms with Crippen molar-refractivity contribution in [3.05, 3.63) is 0 Å². The number of hydrogen-bond donors (Lipinski definition) is 4. The van der Waals surface area contributed by atoms with Crippen molar-refractivity contribution in [1.29, 1.82) is 0 Å². The van der Waals surface area contributed by atoms with Gasteiger partial charge >= 0.3 is 7.75 Å².